The molecule has 6 heteroatoms. The van der Waals surface area contributed by atoms with E-state index in [-0.39, 0.29) is 5.91 Å². The normalized spacial score (nSPS) is 10.8. The number of aryl methyl sites for hydroxylation is 1. The van der Waals surface area contributed by atoms with E-state index in [0.717, 1.165) is 11.3 Å². The van der Waals surface area contributed by atoms with Crippen molar-refractivity contribution in [1.29, 1.82) is 0 Å². The van der Waals surface area contributed by atoms with Crippen molar-refractivity contribution in [2.75, 3.05) is 5.32 Å². The highest BCUT2D eigenvalue weighted by Crippen LogP contribution is 2.18. The Labute approximate surface area is 144 Å². The minimum absolute atomic E-state index is 0.209. The Bertz CT molecular complexity index is 1040. The number of pyridine rings is 2. The smallest absolute Gasteiger partial charge is 0.257 e. The van der Waals surface area contributed by atoms with Gasteiger partial charge in [-0.3, -0.25) is 9.78 Å². The van der Waals surface area contributed by atoms with Crippen LogP contribution >= 0.6 is 0 Å². The molecule has 4 rings (SSSR count). The molecule has 1 aromatic carbocycles. The summed E-state index contributed by atoms with van der Waals surface area (Å²) in [6, 6.07) is 16.9. The number of nitrogens with zero attached hydrogens (tertiary/aromatic N) is 4. The fraction of sp³-hybridized carbons (Fsp3) is 0.0526. The average Bonchev–Trinajstić information content (AvgIpc) is 3.06. The van der Waals surface area contributed by atoms with Gasteiger partial charge in [0.25, 0.3) is 5.91 Å². The molecule has 3 heterocycles. The van der Waals surface area contributed by atoms with Gasteiger partial charge in [-0.1, -0.05) is 30.3 Å². The van der Waals surface area contributed by atoms with Gasteiger partial charge in [0.1, 0.15) is 0 Å². The van der Waals surface area contributed by atoms with E-state index in [9.17, 15) is 4.79 Å². The van der Waals surface area contributed by atoms with Crippen LogP contribution in [0.25, 0.3) is 17.0 Å². The number of fused-ring (bicyclic) bond motifs is 1. The highest BCUT2D eigenvalue weighted by molar-refractivity contribution is 6.04. The Hall–Kier alpha value is -3.54. The highest BCUT2D eigenvalue weighted by Gasteiger charge is 2.09. The van der Waals surface area contributed by atoms with Crippen molar-refractivity contribution in [3.8, 4) is 11.4 Å². The molecule has 25 heavy (non-hydrogen) atoms. The maximum Gasteiger partial charge on any atom is 0.257 e. The summed E-state index contributed by atoms with van der Waals surface area (Å²) in [6.07, 6.45) is 3.34. The third-order valence-electron chi connectivity index (χ3n) is 3.80. The lowest BCUT2D eigenvalue weighted by Crippen LogP contribution is -2.12. The zero-order chi connectivity index (χ0) is 17.2. The topological polar surface area (TPSA) is 72.2 Å². The lowest BCUT2D eigenvalue weighted by molar-refractivity contribution is 0.102. The Morgan fingerprint density at radius 3 is 2.68 bits per heavy atom. The molecule has 6 nitrogen and oxygen atoms in total. The fourth-order valence-electron chi connectivity index (χ4n) is 2.47. The first kappa shape index (κ1) is 15.0. The van der Waals surface area contributed by atoms with Crippen LogP contribution in [0.5, 0.6) is 0 Å². The maximum absolute atomic E-state index is 12.3. The molecule has 0 bridgehead atoms. The Kier molecular flexibility index (Phi) is 3.70. The number of amides is 1. The van der Waals surface area contributed by atoms with Gasteiger partial charge >= 0.3 is 0 Å². The first-order valence-electron chi connectivity index (χ1n) is 7.85. The number of hydrogen-bond donors (Lipinski definition) is 1. The molecular formula is C19H15N5O. The number of rotatable bonds is 3. The third-order valence-corrected chi connectivity index (χ3v) is 3.80. The lowest BCUT2D eigenvalue weighted by Gasteiger charge is -2.05. The van der Waals surface area contributed by atoms with Gasteiger partial charge in [0.05, 0.1) is 5.56 Å². The van der Waals surface area contributed by atoms with E-state index in [0.29, 0.717) is 22.7 Å². The molecule has 0 spiro atoms. The van der Waals surface area contributed by atoms with Gasteiger partial charge in [0.15, 0.2) is 11.5 Å². The summed E-state index contributed by atoms with van der Waals surface area (Å²) >= 11 is 0. The van der Waals surface area contributed by atoms with E-state index >= 15 is 0 Å². The summed E-state index contributed by atoms with van der Waals surface area (Å²) < 4.78 is 1.69. The van der Waals surface area contributed by atoms with E-state index in [4.69, 9.17) is 0 Å². The van der Waals surface area contributed by atoms with Crippen LogP contribution in [0.1, 0.15) is 16.1 Å². The van der Waals surface area contributed by atoms with Crippen molar-refractivity contribution in [2.24, 2.45) is 0 Å². The zero-order valence-corrected chi connectivity index (χ0v) is 13.5. The Balaban J connectivity index is 1.61. The zero-order valence-electron chi connectivity index (χ0n) is 13.5. The Morgan fingerprint density at radius 2 is 1.92 bits per heavy atom. The summed E-state index contributed by atoms with van der Waals surface area (Å²) in [5.41, 5.74) is 3.65. The van der Waals surface area contributed by atoms with Gasteiger partial charge in [0.2, 0.25) is 0 Å². The van der Waals surface area contributed by atoms with Crippen LogP contribution in [0.4, 0.5) is 5.69 Å². The molecule has 1 amide bonds. The molecule has 3 aromatic heterocycles. The monoisotopic (exact) mass is 329 g/mol. The van der Waals surface area contributed by atoms with Crippen LogP contribution in [-0.2, 0) is 0 Å². The number of carbonyl (C=O) groups excluding carboxylic acids is 1. The summed E-state index contributed by atoms with van der Waals surface area (Å²) in [5, 5.41) is 7.31. The van der Waals surface area contributed by atoms with Crippen molar-refractivity contribution in [3.63, 3.8) is 0 Å². The summed E-state index contributed by atoms with van der Waals surface area (Å²) in [6.45, 7) is 1.88. The van der Waals surface area contributed by atoms with Gasteiger partial charge in [-0.05, 0) is 25.1 Å². The number of anilines is 1. The number of benzene rings is 1. The minimum Gasteiger partial charge on any atom is -0.322 e. The molecule has 0 aliphatic heterocycles. The first-order valence-corrected chi connectivity index (χ1v) is 7.85. The van der Waals surface area contributed by atoms with E-state index in [2.05, 4.69) is 20.4 Å². The third kappa shape index (κ3) is 3.10. The van der Waals surface area contributed by atoms with Crippen LogP contribution in [0.15, 0.2) is 67.0 Å². The molecule has 0 aliphatic carbocycles. The van der Waals surface area contributed by atoms with Crippen molar-refractivity contribution in [3.05, 3.63) is 78.2 Å². The van der Waals surface area contributed by atoms with Crippen molar-refractivity contribution >= 4 is 17.2 Å². The molecule has 4 aromatic rings. The van der Waals surface area contributed by atoms with Crippen LogP contribution in [0.2, 0.25) is 0 Å². The molecule has 0 fully saturated rings. The quantitative estimate of drug-likeness (QED) is 0.625. The molecule has 0 aliphatic rings. The van der Waals surface area contributed by atoms with Crippen molar-refractivity contribution < 1.29 is 4.79 Å². The molecule has 0 unspecified atom stereocenters. The molecule has 0 saturated heterocycles. The molecular weight excluding hydrogens is 314 g/mol. The number of hydrogen-bond acceptors (Lipinski definition) is 4. The second-order valence-electron chi connectivity index (χ2n) is 5.66. The van der Waals surface area contributed by atoms with Crippen molar-refractivity contribution in [1.82, 2.24) is 19.6 Å². The van der Waals surface area contributed by atoms with E-state index in [1.807, 2.05) is 43.3 Å². The van der Waals surface area contributed by atoms with E-state index in [1.54, 1.807) is 35.1 Å². The number of carbonyl (C=O) groups is 1. The van der Waals surface area contributed by atoms with Gasteiger partial charge < -0.3 is 5.32 Å². The predicted octanol–water partition coefficient (Wildman–Crippen LogP) is 3.35. The molecule has 0 radical (unpaired) electrons. The largest absolute Gasteiger partial charge is 0.322 e. The fourth-order valence-corrected chi connectivity index (χ4v) is 2.47. The standard InChI is InChI=1S/C19H15N5O/c1-13-7-8-15(12-20-13)19(25)21-16-9-10-24-17(11-16)22-18(23-24)14-5-3-2-4-6-14/h2-12H,1H3,(H,21,25). The predicted molar refractivity (Wildman–Crippen MR) is 95.4 cm³/mol. The Morgan fingerprint density at radius 1 is 1.08 bits per heavy atom. The van der Waals surface area contributed by atoms with E-state index < -0.39 is 0 Å². The number of nitrogens with one attached hydrogen (secondary N) is 1. The van der Waals surface area contributed by atoms with Crippen LogP contribution < -0.4 is 5.32 Å². The lowest BCUT2D eigenvalue weighted by atomic mass is 10.2. The highest BCUT2D eigenvalue weighted by atomic mass is 16.1. The van der Waals surface area contributed by atoms with E-state index in [1.165, 1.54) is 0 Å². The minimum atomic E-state index is -0.209. The summed E-state index contributed by atoms with van der Waals surface area (Å²) in [7, 11) is 0. The molecule has 0 atom stereocenters. The number of aromatic nitrogens is 4. The van der Waals surface area contributed by atoms with Gasteiger partial charge in [-0.25, -0.2) is 9.50 Å². The second kappa shape index (κ2) is 6.16. The average molecular weight is 329 g/mol. The molecule has 122 valence electrons. The molecule has 0 saturated carbocycles. The maximum atomic E-state index is 12.3. The van der Waals surface area contributed by atoms with Crippen LogP contribution in [0, 0.1) is 6.92 Å². The molecule has 1 N–H and O–H groups in total. The van der Waals surface area contributed by atoms with Gasteiger partial charge in [0, 0.05) is 35.4 Å². The van der Waals surface area contributed by atoms with Crippen LogP contribution in [0.3, 0.4) is 0 Å². The first-order chi connectivity index (χ1) is 12.2. The summed E-state index contributed by atoms with van der Waals surface area (Å²) in [5.74, 6) is 0.437. The van der Waals surface area contributed by atoms with Crippen molar-refractivity contribution in [2.45, 2.75) is 6.92 Å². The van der Waals surface area contributed by atoms with Gasteiger partial charge in [-0.15, -0.1) is 5.10 Å². The SMILES string of the molecule is Cc1ccc(C(=O)Nc2ccn3nc(-c4ccccc4)nc3c2)cn1. The van der Waals surface area contributed by atoms with Gasteiger partial charge in [-0.2, -0.15) is 0 Å². The van der Waals surface area contributed by atoms with Crippen LogP contribution in [-0.4, -0.2) is 25.5 Å². The second-order valence-corrected chi connectivity index (χ2v) is 5.66. The summed E-state index contributed by atoms with van der Waals surface area (Å²) in [4.78, 5) is 21.0.